The van der Waals surface area contributed by atoms with E-state index < -0.39 is 0 Å². The highest BCUT2D eigenvalue weighted by molar-refractivity contribution is 5.87. The Kier molecular flexibility index (Phi) is 4.15. The zero-order valence-corrected chi connectivity index (χ0v) is 17.4. The summed E-state index contributed by atoms with van der Waals surface area (Å²) >= 11 is 0. The van der Waals surface area contributed by atoms with Gasteiger partial charge >= 0.3 is 0 Å². The highest BCUT2D eigenvalue weighted by Crippen LogP contribution is 2.49. The second kappa shape index (κ2) is 7.06. The molecule has 0 atom stereocenters. The molecule has 3 N–H and O–H groups in total. The van der Waals surface area contributed by atoms with Crippen molar-refractivity contribution in [2.45, 2.75) is 25.7 Å². The van der Waals surface area contributed by atoms with E-state index in [4.69, 9.17) is 4.74 Å². The predicted octanol–water partition coefficient (Wildman–Crippen LogP) is 6.13. The topological polar surface area (TPSA) is 69.9 Å². The van der Waals surface area contributed by atoms with Crippen molar-refractivity contribution in [3.05, 3.63) is 89.0 Å². The summed E-state index contributed by atoms with van der Waals surface area (Å²) in [6, 6.07) is 20.7. The van der Waals surface area contributed by atoms with Crippen LogP contribution in [0.4, 0.5) is 0 Å². The van der Waals surface area contributed by atoms with Gasteiger partial charge in [-0.15, -0.1) is 0 Å². The molecular formula is C28H22O4. The van der Waals surface area contributed by atoms with Gasteiger partial charge in [0, 0.05) is 11.1 Å². The molecule has 3 aliphatic rings. The minimum atomic E-state index is 0.0905. The molecule has 7 rings (SSSR count). The Morgan fingerprint density at radius 1 is 0.562 bits per heavy atom. The first-order valence-electron chi connectivity index (χ1n) is 10.9. The van der Waals surface area contributed by atoms with E-state index in [2.05, 4.69) is 0 Å². The van der Waals surface area contributed by atoms with Gasteiger partial charge in [-0.2, -0.15) is 0 Å². The quantitative estimate of drug-likeness (QED) is 0.319. The van der Waals surface area contributed by atoms with Crippen LogP contribution in [0, 0.1) is 0 Å². The molecule has 4 aromatic carbocycles. The summed E-state index contributed by atoms with van der Waals surface area (Å²) in [6.07, 6.45) is 3.12. The van der Waals surface area contributed by atoms with Crippen molar-refractivity contribution in [2.24, 2.45) is 0 Å². The van der Waals surface area contributed by atoms with Gasteiger partial charge in [0.05, 0.1) is 0 Å². The molecule has 0 fully saturated rings. The Morgan fingerprint density at radius 2 is 1.31 bits per heavy atom. The molecule has 0 amide bonds. The number of benzene rings is 4. The van der Waals surface area contributed by atoms with Crippen molar-refractivity contribution in [1.82, 2.24) is 0 Å². The Balaban J connectivity index is 1.68. The normalized spacial score (nSPS) is 13.8. The minimum absolute atomic E-state index is 0.0905. The largest absolute Gasteiger partial charge is 0.508 e. The van der Waals surface area contributed by atoms with Crippen LogP contribution in [-0.2, 0) is 25.7 Å². The smallest absolute Gasteiger partial charge is 0.177 e. The lowest BCUT2D eigenvalue weighted by Crippen LogP contribution is -2.06. The van der Waals surface area contributed by atoms with Crippen LogP contribution in [0.3, 0.4) is 0 Å². The van der Waals surface area contributed by atoms with Crippen LogP contribution in [0.1, 0.15) is 22.3 Å². The lowest BCUT2D eigenvalue weighted by molar-refractivity contribution is 0.411. The fourth-order valence-corrected chi connectivity index (χ4v) is 4.95. The van der Waals surface area contributed by atoms with Crippen LogP contribution in [0.2, 0.25) is 0 Å². The van der Waals surface area contributed by atoms with Crippen LogP contribution in [-0.4, -0.2) is 15.3 Å². The van der Waals surface area contributed by atoms with Crippen LogP contribution in [0.15, 0.2) is 66.7 Å². The molecule has 32 heavy (non-hydrogen) atoms. The van der Waals surface area contributed by atoms with Crippen molar-refractivity contribution < 1.29 is 20.1 Å². The Hall–Kier alpha value is -3.92. The summed E-state index contributed by atoms with van der Waals surface area (Å²) in [5, 5.41) is 31.8. The minimum Gasteiger partial charge on any atom is -0.508 e. The Bertz CT molecular complexity index is 1370. The molecular weight excluding hydrogens is 400 g/mol. The molecule has 4 bridgehead atoms. The molecule has 1 aliphatic carbocycles. The molecule has 2 aliphatic heterocycles. The summed E-state index contributed by atoms with van der Waals surface area (Å²) in [5.74, 6) is 1.63. The van der Waals surface area contributed by atoms with E-state index in [0.29, 0.717) is 17.1 Å². The zero-order valence-electron chi connectivity index (χ0n) is 17.4. The summed E-state index contributed by atoms with van der Waals surface area (Å²) in [6.45, 7) is 0. The third kappa shape index (κ3) is 2.99. The van der Waals surface area contributed by atoms with Crippen molar-refractivity contribution in [1.29, 1.82) is 0 Å². The van der Waals surface area contributed by atoms with Crippen LogP contribution < -0.4 is 4.74 Å². The number of fused-ring (bicyclic) bond motifs is 3. The molecule has 0 unspecified atom stereocenters. The third-order valence-corrected chi connectivity index (χ3v) is 6.58. The number of ether oxygens (including phenoxy) is 1. The number of phenolic OH excluding ortho intramolecular Hbond substituents is 3. The first kappa shape index (κ1) is 18.8. The van der Waals surface area contributed by atoms with E-state index in [0.717, 1.165) is 64.6 Å². The summed E-state index contributed by atoms with van der Waals surface area (Å²) in [5.41, 5.74) is 7.69. The molecule has 0 spiro atoms. The maximum atomic E-state index is 11.0. The Labute approximate surface area is 186 Å². The maximum absolute atomic E-state index is 11.0. The van der Waals surface area contributed by atoms with Gasteiger partial charge < -0.3 is 20.1 Å². The summed E-state index contributed by atoms with van der Waals surface area (Å²) < 4.78 is 6.23. The maximum Gasteiger partial charge on any atom is 0.177 e. The molecule has 4 heteroatoms. The predicted molar refractivity (Wildman–Crippen MR) is 124 cm³/mol. The monoisotopic (exact) mass is 422 g/mol. The van der Waals surface area contributed by atoms with E-state index in [1.165, 1.54) is 0 Å². The van der Waals surface area contributed by atoms with E-state index in [9.17, 15) is 15.3 Å². The molecule has 0 radical (unpaired) electrons. The fraction of sp³-hybridized carbons (Fsp3) is 0.143. The lowest BCUT2D eigenvalue weighted by Gasteiger charge is -2.25. The third-order valence-electron chi connectivity index (χ3n) is 6.58. The zero-order chi connectivity index (χ0) is 21.8. The van der Waals surface area contributed by atoms with E-state index in [1.54, 1.807) is 18.2 Å². The van der Waals surface area contributed by atoms with Gasteiger partial charge in [0.15, 0.2) is 11.5 Å². The van der Waals surface area contributed by atoms with Gasteiger partial charge in [0.2, 0.25) is 0 Å². The second-order valence-electron chi connectivity index (χ2n) is 8.56. The fourth-order valence-electron chi connectivity index (χ4n) is 4.95. The van der Waals surface area contributed by atoms with Gasteiger partial charge in [-0.05, 0) is 102 Å². The van der Waals surface area contributed by atoms with Crippen molar-refractivity contribution in [3.8, 4) is 51.0 Å². The molecule has 4 aromatic rings. The van der Waals surface area contributed by atoms with Gasteiger partial charge in [0.25, 0.3) is 0 Å². The molecule has 2 heterocycles. The number of aryl methyl sites for hydroxylation is 4. The summed E-state index contributed by atoms with van der Waals surface area (Å²) in [7, 11) is 0. The number of hydrogen-bond acceptors (Lipinski definition) is 4. The first-order valence-corrected chi connectivity index (χ1v) is 10.9. The number of hydrogen-bond donors (Lipinski definition) is 3. The van der Waals surface area contributed by atoms with Crippen LogP contribution in [0.25, 0.3) is 22.3 Å². The van der Waals surface area contributed by atoms with Crippen LogP contribution in [0.5, 0.6) is 28.7 Å². The first-order chi connectivity index (χ1) is 15.6. The average Bonchev–Trinajstić information content (AvgIpc) is 2.79. The number of rotatable bonds is 0. The lowest BCUT2D eigenvalue weighted by atomic mass is 9.82. The van der Waals surface area contributed by atoms with Gasteiger partial charge in [-0.25, -0.2) is 0 Å². The summed E-state index contributed by atoms with van der Waals surface area (Å²) in [4.78, 5) is 0. The molecule has 4 nitrogen and oxygen atoms in total. The number of aromatic hydroxyl groups is 3. The standard InChI is InChI=1S/C28H22O4/c29-20-8-11-22-18(13-20)4-1-16-2-9-21(10-3-16)32-28-25(30)12-7-17-5-6-19-14-26(31)24(22)15-23(19)27(17)28/h2-3,7-15,29-31H,1,4-6H2. The van der Waals surface area contributed by atoms with Crippen molar-refractivity contribution in [3.63, 3.8) is 0 Å². The van der Waals surface area contributed by atoms with E-state index in [-0.39, 0.29) is 17.2 Å². The highest BCUT2D eigenvalue weighted by atomic mass is 16.5. The van der Waals surface area contributed by atoms with Crippen molar-refractivity contribution >= 4 is 0 Å². The van der Waals surface area contributed by atoms with Crippen molar-refractivity contribution in [2.75, 3.05) is 0 Å². The Morgan fingerprint density at radius 3 is 2.16 bits per heavy atom. The molecule has 158 valence electrons. The molecule has 0 saturated heterocycles. The van der Waals surface area contributed by atoms with E-state index in [1.807, 2.05) is 48.5 Å². The second-order valence-corrected chi connectivity index (χ2v) is 8.56. The van der Waals surface area contributed by atoms with Gasteiger partial charge in [-0.3, -0.25) is 0 Å². The molecule has 0 aromatic heterocycles. The highest BCUT2D eigenvalue weighted by Gasteiger charge is 2.26. The molecule has 0 saturated carbocycles. The average molecular weight is 422 g/mol. The SMILES string of the molecule is Oc1ccc2c(c1)CCc1ccc(cc1)Oc1c(O)ccc3c1-c1cc-2c(O)cc1CC3. The number of phenols is 3. The van der Waals surface area contributed by atoms with E-state index >= 15 is 0 Å². The van der Waals surface area contributed by atoms with Crippen LogP contribution >= 0.6 is 0 Å². The van der Waals surface area contributed by atoms with Gasteiger partial charge in [-0.1, -0.05) is 24.3 Å². The van der Waals surface area contributed by atoms with Gasteiger partial charge in [0.1, 0.15) is 17.2 Å².